The predicted octanol–water partition coefficient (Wildman–Crippen LogP) is 1.60. The Hall–Kier alpha value is -0.610. The van der Waals surface area contributed by atoms with E-state index in [9.17, 15) is 4.79 Å². The lowest BCUT2D eigenvalue weighted by atomic mass is 9.80. The molecule has 0 saturated carbocycles. The first-order valence-corrected chi connectivity index (χ1v) is 7.83. The molecule has 4 heteroatoms. The van der Waals surface area contributed by atoms with Crippen LogP contribution in [0.15, 0.2) is 0 Å². The highest BCUT2D eigenvalue weighted by Crippen LogP contribution is 2.29. The number of nitrogens with zero attached hydrogens (tertiary/aromatic N) is 1. The van der Waals surface area contributed by atoms with Gasteiger partial charge in [0.25, 0.3) is 0 Å². The second-order valence-electron chi connectivity index (χ2n) is 5.73. The molecule has 1 rings (SSSR count). The molecule has 0 spiro atoms. The highest BCUT2D eigenvalue weighted by molar-refractivity contribution is 5.83. The van der Waals surface area contributed by atoms with Crippen molar-refractivity contribution in [1.82, 2.24) is 10.2 Å². The van der Waals surface area contributed by atoms with E-state index in [1.165, 1.54) is 0 Å². The molecule has 1 saturated heterocycles. The van der Waals surface area contributed by atoms with Gasteiger partial charge in [-0.25, -0.2) is 0 Å². The smallest absolute Gasteiger partial charge is 0.230 e. The zero-order valence-corrected chi connectivity index (χ0v) is 12.9. The van der Waals surface area contributed by atoms with E-state index >= 15 is 0 Å². The number of nitrogens with two attached hydrogens (primary N) is 1. The van der Waals surface area contributed by atoms with E-state index in [2.05, 4.69) is 26.1 Å². The summed E-state index contributed by atoms with van der Waals surface area (Å²) in [6.07, 6.45) is 3.92. The highest BCUT2D eigenvalue weighted by atomic mass is 16.2. The van der Waals surface area contributed by atoms with Gasteiger partial charge in [0.1, 0.15) is 0 Å². The molecule has 0 unspecified atom stereocenters. The van der Waals surface area contributed by atoms with Crippen LogP contribution in [0.1, 0.15) is 46.5 Å². The van der Waals surface area contributed by atoms with Gasteiger partial charge in [-0.1, -0.05) is 20.8 Å². The van der Waals surface area contributed by atoms with Crippen LogP contribution in [0, 0.1) is 11.3 Å². The third-order valence-corrected chi connectivity index (χ3v) is 4.78. The van der Waals surface area contributed by atoms with Crippen molar-refractivity contribution in [2.24, 2.45) is 17.1 Å². The fourth-order valence-electron chi connectivity index (χ4n) is 2.95. The zero-order valence-electron chi connectivity index (χ0n) is 12.9. The molecule has 0 bridgehead atoms. The Kier molecular flexibility index (Phi) is 6.80. The quantitative estimate of drug-likeness (QED) is 0.738. The van der Waals surface area contributed by atoms with Gasteiger partial charge in [-0.15, -0.1) is 0 Å². The van der Waals surface area contributed by atoms with Crippen LogP contribution in [0.3, 0.4) is 0 Å². The Morgan fingerprint density at radius 1 is 1.26 bits per heavy atom. The van der Waals surface area contributed by atoms with Crippen molar-refractivity contribution in [1.29, 1.82) is 0 Å². The number of carbonyl (C=O) groups is 1. The second kappa shape index (κ2) is 7.85. The van der Waals surface area contributed by atoms with Crippen LogP contribution in [-0.2, 0) is 4.79 Å². The summed E-state index contributed by atoms with van der Waals surface area (Å²) in [5.41, 5.74) is 5.55. The third-order valence-electron chi connectivity index (χ3n) is 4.78. The van der Waals surface area contributed by atoms with Crippen molar-refractivity contribution in [3.8, 4) is 0 Å². The van der Waals surface area contributed by atoms with Crippen LogP contribution in [0.4, 0.5) is 0 Å². The highest BCUT2D eigenvalue weighted by Gasteiger charge is 2.37. The van der Waals surface area contributed by atoms with E-state index in [0.29, 0.717) is 6.54 Å². The number of hydrogen-bond donors (Lipinski definition) is 2. The van der Waals surface area contributed by atoms with E-state index in [1.807, 2.05) is 4.90 Å². The van der Waals surface area contributed by atoms with Gasteiger partial charge in [0.2, 0.25) is 5.91 Å². The molecule has 0 aromatic heterocycles. The molecule has 0 radical (unpaired) electrons. The van der Waals surface area contributed by atoms with Gasteiger partial charge < -0.3 is 16.0 Å². The molecule has 0 aliphatic carbocycles. The molecule has 1 amide bonds. The van der Waals surface area contributed by atoms with Gasteiger partial charge in [-0.2, -0.15) is 0 Å². The van der Waals surface area contributed by atoms with Gasteiger partial charge in [0.15, 0.2) is 0 Å². The molecule has 1 heterocycles. The van der Waals surface area contributed by atoms with Gasteiger partial charge in [0, 0.05) is 19.6 Å². The van der Waals surface area contributed by atoms with E-state index < -0.39 is 0 Å². The van der Waals surface area contributed by atoms with Crippen molar-refractivity contribution in [3.63, 3.8) is 0 Å². The number of amides is 1. The summed E-state index contributed by atoms with van der Waals surface area (Å²) >= 11 is 0. The summed E-state index contributed by atoms with van der Waals surface area (Å²) in [4.78, 5) is 14.7. The van der Waals surface area contributed by atoms with Crippen LogP contribution in [-0.4, -0.2) is 43.5 Å². The summed E-state index contributed by atoms with van der Waals surface area (Å²) < 4.78 is 0. The minimum Gasteiger partial charge on any atom is -0.342 e. The maximum Gasteiger partial charge on any atom is 0.230 e. The lowest BCUT2D eigenvalue weighted by molar-refractivity contribution is -0.143. The molecule has 3 N–H and O–H groups in total. The minimum atomic E-state index is -0.325. The molecule has 1 fully saturated rings. The lowest BCUT2D eigenvalue weighted by Gasteiger charge is -2.39. The first kappa shape index (κ1) is 16.4. The van der Waals surface area contributed by atoms with Crippen molar-refractivity contribution >= 4 is 5.91 Å². The first-order chi connectivity index (χ1) is 9.13. The molecule has 0 aromatic carbocycles. The van der Waals surface area contributed by atoms with Crippen LogP contribution in [0.25, 0.3) is 0 Å². The molecule has 0 atom stereocenters. The van der Waals surface area contributed by atoms with Crippen molar-refractivity contribution < 1.29 is 4.79 Å². The molecule has 1 aliphatic rings. The number of rotatable bonds is 7. The molecular formula is C15H31N3O. The van der Waals surface area contributed by atoms with Crippen LogP contribution in [0.2, 0.25) is 0 Å². The summed E-state index contributed by atoms with van der Waals surface area (Å²) in [6.45, 7) is 10.7. The topological polar surface area (TPSA) is 58.4 Å². The van der Waals surface area contributed by atoms with E-state index in [4.69, 9.17) is 5.73 Å². The molecule has 112 valence electrons. The van der Waals surface area contributed by atoms with Crippen LogP contribution in [0.5, 0.6) is 0 Å². The van der Waals surface area contributed by atoms with Gasteiger partial charge in [-0.3, -0.25) is 4.79 Å². The van der Waals surface area contributed by atoms with Crippen molar-refractivity contribution in [3.05, 3.63) is 0 Å². The molecule has 4 nitrogen and oxygen atoms in total. The fourth-order valence-corrected chi connectivity index (χ4v) is 2.95. The van der Waals surface area contributed by atoms with Crippen molar-refractivity contribution in [2.75, 3.05) is 32.7 Å². The summed E-state index contributed by atoms with van der Waals surface area (Å²) in [6, 6.07) is 0. The maximum atomic E-state index is 12.7. The zero-order chi connectivity index (χ0) is 14.3. The Balaban J connectivity index is 2.52. The average molecular weight is 269 g/mol. The standard InChI is InChI=1S/C15H31N3O/c1-4-15(5-2,12-16)14(19)18-9-7-13(8-10-18)11-17-6-3/h13,17H,4-12,16H2,1-3H3. The first-order valence-electron chi connectivity index (χ1n) is 7.83. The number of hydrogen-bond acceptors (Lipinski definition) is 3. The average Bonchev–Trinajstić information content (AvgIpc) is 2.48. The fraction of sp³-hybridized carbons (Fsp3) is 0.933. The largest absolute Gasteiger partial charge is 0.342 e. The molecule has 0 aromatic rings. The Labute approximate surface area is 118 Å². The SMILES string of the molecule is CCNCC1CCN(C(=O)C(CC)(CC)CN)CC1. The van der Waals surface area contributed by atoms with Gasteiger partial charge in [-0.05, 0) is 44.7 Å². The monoisotopic (exact) mass is 269 g/mol. The van der Waals surface area contributed by atoms with E-state index in [1.54, 1.807) is 0 Å². The summed E-state index contributed by atoms with van der Waals surface area (Å²) in [5.74, 6) is 1.00. The van der Waals surface area contributed by atoms with Crippen LogP contribution >= 0.6 is 0 Å². The number of carbonyl (C=O) groups excluding carboxylic acids is 1. The van der Waals surface area contributed by atoms with Gasteiger partial charge in [0.05, 0.1) is 5.41 Å². The Morgan fingerprint density at radius 3 is 2.26 bits per heavy atom. The van der Waals surface area contributed by atoms with Gasteiger partial charge >= 0.3 is 0 Å². The number of likely N-dealkylation sites (tertiary alicyclic amines) is 1. The number of nitrogens with one attached hydrogen (secondary N) is 1. The van der Waals surface area contributed by atoms with E-state index in [0.717, 1.165) is 57.8 Å². The minimum absolute atomic E-state index is 0.280. The predicted molar refractivity (Wildman–Crippen MR) is 79.9 cm³/mol. The number of piperidine rings is 1. The Bertz CT molecular complexity index is 260. The summed E-state index contributed by atoms with van der Waals surface area (Å²) in [5, 5.41) is 3.40. The van der Waals surface area contributed by atoms with E-state index in [-0.39, 0.29) is 11.3 Å². The molecular weight excluding hydrogens is 238 g/mol. The molecule has 1 aliphatic heterocycles. The van der Waals surface area contributed by atoms with Crippen LogP contribution < -0.4 is 11.1 Å². The lowest BCUT2D eigenvalue weighted by Crippen LogP contribution is -2.50. The third kappa shape index (κ3) is 3.93. The maximum absolute atomic E-state index is 12.7. The molecule has 19 heavy (non-hydrogen) atoms. The van der Waals surface area contributed by atoms with Crippen molar-refractivity contribution in [2.45, 2.75) is 46.5 Å². The Morgan fingerprint density at radius 2 is 1.84 bits per heavy atom. The second-order valence-corrected chi connectivity index (χ2v) is 5.73. The normalized spacial score (nSPS) is 17.8. The summed E-state index contributed by atoms with van der Waals surface area (Å²) in [7, 11) is 0.